The monoisotopic (exact) mass is 372 g/mol. The van der Waals surface area contributed by atoms with Gasteiger partial charge >= 0.3 is 0 Å². The average molecular weight is 372 g/mol. The molecule has 0 atom stereocenters. The number of hydrogen-bond acceptors (Lipinski definition) is 3. The summed E-state index contributed by atoms with van der Waals surface area (Å²) >= 11 is 0. The van der Waals surface area contributed by atoms with Gasteiger partial charge in [0.05, 0.1) is 4.90 Å². The molecular weight excluding hydrogens is 348 g/mol. The summed E-state index contributed by atoms with van der Waals surface area (Å²) in [7, 11) is -3.48. The summed E-state index contributed by atoms with van der Waals surface area (Å²) < 4.78 is 27.0. The van der Waals surface area contributed by atoms with Crippen LogP contribution in [0.4, 0.5) is 0 Å². The molecule has 1 heterocycles. The van der Waals surface area contributed by atoms with Crippen LogP contribution in [-0.2, 0) is 16.6 Å². The van der Waals surface area contributed by atoms with Gasteiger partial charge in [0, 0.05) is 25.2 Å². The normalized spacial score (nSPS) is 16.3. The van der Waals surface area contributed by atoms with Crippen molar-refractivity contribution in [1.29, 1.82) is 0 Å². The third-order valence-electron chi connectivity index (χ3n) is 4.79. The Morgan fingerprint density at radius 2 is 1.65 bits per heavy atom. The van der Waals surface area contributed by atoms with E-state index in [1.807, 2.05) is 30.3 Å². The molecule has 6 heteroatoms. The predicted octanol–water partition coefficient (Wildman–Crippen LogP) is 3.04. The van der Waals surface area contributed by atoms with Crippen LogP contribution in [0.25, 0.3) is 0 Å². The first-order valence-electron chi connectivity index (χ1n) is 8.89. The van der Waals surface area contributed by atoms with Gasteiger partial charge in [-0.05, 0) is 48.6 Å². The van der Waals surface area contributed by atoms with Gasteiger partial charge in [0.1, 0.15) is 0 Å². The molecule has 0 bridgehead atoms. The van der Waals surface area contributed by atoms with Gasteiger partial charge in [-0.1, -0.05) is 37.3 Å². The molecule has 0 saturated carbocycles. The molecule has 1 saturated heterocycles. The zero-order valence-corrected chi connectivity index (χ0v) is 15.7. The zero-order valence-electron chi connectivity index (χ0n) is 14.9. The molecule has 1 N–H and O–H groups in total. The van der Waals surface area contributed by atoms with Gasteiger partial charge in [0.2, 0.25) is 10.0 Å². The summed E-state index contributed by atoms with van der Waals surface area (Å²) in [5.74, 6) is 0.349. The Labute approximate surface area is 155 Å². The van der Waals surface area contributed by atoms with Crippen molar-refractivity contribution < 1.29 is 13.2 Å². The van der Waals surface area contributed by atoms with Gasteiger partial charge in [0.25, 0.3) is 5.91 Å². The molecule has 1 fully saturated rings. The number of sulfonamides is 1. The third-order valence-corrected chi connectivity index (χ3v) is 6.71. The summed E-state index contributed by atoms with van der Waals surface area (Å²) in [6.45, 7) is 3.70. The van der Waals surface area contributed by atoms with E-state index in [-0.39, 0.29) is 10.8 Å². The number of amides is 1. The topological polar surface area (TPSA) is 66.5 Å². The lowest BCUT2D eigenvalue weighted by Crippen LogP contribution is -2.37. The lowest BCUT2D eigenvalue weighted by atomic mass is 10.0. The lowest BCUT2D eigenvalue weighted by molar-refractivity contribution is 0.0951. The SMILES string of the molecule is CC1CCN(S(=O)(=O)c2ccc(C(=O)NCc3ccccc3)cc2)CC1. The summed E-state index contributed by atoms with van der Waals surface area (Å²) in [5, 5.41) is 2.84. The second kappa shape index (κ2) is 8.01. The molecule has 0 radical (unpaired) electrons. The smallest absolute Gasteiger partial charge is 0.251 e. The maximum Gasteiger partial charge on any atom is 0.251 e. The van der Waals surface area contributed by atoms with Crippen molar-refractivity contribution >= 4 is 15.9 Å². The highest BCUT2D eigenvalue weighted by molar-refractivity contribution is 7.89. The van der Waals surface area contributed by atoms with Gasteiger partial charge in [-0.25, -0.2) is 8.42 Å². The van der Waals surface area contributed by atoms with Crippen molar-refractivity contribution in [2.45, 2.75) is 31.2 Å². The molecule has 1 aliphatic heterocycles. The predicted molar refractivity (Wildman–Crippen MR) is 101 cm³/mol. The number of nitrogens with zero attached hydrogens (tertiary/aromatic N) is 1. The van der Waals surface area contributed by atoms with E-state index in [1.54, 1.807) is 12.1 Å². The van der Waals surface area contributed by atoms with Crippen molar-refractivity contribution in [3.05, 3.63) is 65.7 Å². The van der Waals surface area contributed by atoms with Crippen LogP contribution in [0.15, 0.2) is 59.5 Å². The van der Waals surface area contributed by atoms with Crippen molar-refractivity contribution in [1.82, 2.24) is 9.62 Å². The third kappa shape index (κ3) is 4.31. The fourth-order valence-electron chi connectivity index (χ4n) is 3.03. The van der Waals surface area contributed by atoms with Crippen LogP contribution in [0.5, 0.6) is 0 Å². The number of hydrogen-bond donors (Lipinski definition) is 1. The van der Waals surface area contributed by atoms with E-state index in [0.717, 1.165) is 18.4 Å². The zero-order chi connectivity index (χ0) is 18.6. The van der Waals surface area contributed by atoms with E-state index in [9.17, 15) is 13.2 Å². The molecule has 0 spiro atoms. The highest BCUT2D eigenvalue weighted by Gasteiger charge is 2.28. The van der Waals surface area contributed by atoms with Crippen LogP contribution >= 0.6 is 0 Å². The average Bonchev–Trinajstić information content (AvgIpc) is 2.67. The molecule has 26 heavy (non-hydrogen) atoms. The Bertz CT molecular complexity index is 840. The highest BCUT2D eigenvalue weighted by Crippen LogP contribution is 2.23. The minimum Gasteiger partial charge on any atom is -0.348 e. The highest BCUT2D eigenvalue weighted by atomic mass is 32.2. The largest absolute Gasteiger partial charge is 0.348 e. The first kappa shape index (κ1) is 18.6. The van der Waals surface area contributed by atoms with Gasteiger partial charge in [-0.15, -0.1) is 0 Å². The van der Waals surface area contributed by atoms with E-state index in [2.05, 4.69) is 12.2 Å². The molecule has 1 aliphatic rings. The molecule has 2 aromatic rings. The molecule has 138 valence electrons. The van der Waals surface area contributed by atoms with E-state index in [4.69, 9.17) is 0 Å². The second-order valence-corrected chi connectivity index (χ2v) is 8.72. The first-order valence-corrected chi connectivity index (χ1v) is 10.3. The minimum absolute atomic E-state index is 0.218. The minimum atomic E-state index is -3.48. The maximum atomic E-state index is 12.7. The van der Waals surface area contributed by atoms with Crippen molar-refractivity contribution in [3.63, 3.8) is 0 Å². The number of carbonyl (C=O) groups excluding carboxylic acids is 1. The molecular formula is C20H24N2O3S. The van der Waals surface area contributed by atoms with Crippen LogP contribution in [0, 0.1) is 5.92 Å². The molecule has 1 amide bonds. The van der Waals surface area contributed by atoms with Crippen LogP contribution in [0.1, 0.15) is 35.7 Å². The molecule has 3 rings (SSSR count). The Kier molecular flexibility index (Phi) is 5.74. The number of piperidine rings is 1. The van der Waals surface area contributed by atoms with Gasteiger partial charge in [-0.2, -0.15) is 4.31 Å². The van der Waals surface area contributed by atoms with Crippen molar-refractivity contribution in [2.24, 2.45) is 5.92 Å². The second-order valence-electron chi connectivity index (χ2n) is 6.78. The molecule has 0 unspecified atom stereocenters. The summed E-state index contributed by atoms with van der Waals surface area (Å²) in [5.41, 5.74) is 1.46. The fourth-order valence-corrected chi connectivity index (χ4v) is 4.50. The van der Waals surface area contributed by atoms with Gasteiger partial charge in [-0.3, -0.25) is 4.79 Å². The molecule has 2 aromatic carbocycles. The number of rotatable bonds is 5. The molecule has 0 aromatic heterocycles. The Morgan fingerprint density at radius 1 is 1.04 bits per heavy atom. The first-order chi connectivity index (χ1) is 12.5. The maximum absolute atomic E-state index is 12.7. The van der Waals surface area contributed by atoms with Crippen LogP contribution in [0.3, 0.4) is 0 Å². The van der Waals surface area contributed by atoms with Crippen LogP contribution < -0.4 is 5.32 Å². The summed E-state index contributed by atoms with van der Waals surface area (Å²) in [6, 6.07) is 15.8. The molecule has 5 nitrogen and oxygen atoms in total. The van der Waals surface area contributed by atoms with E-state index < -0.39 is 10.0 Å². The van der Waals surface area contributed by atoms with E-state index >= 15 is 0 Å². The fraction of sp³-hybridized carbons (Fsp3) is 0.350. The number of carbonyl (C=O) groups is 1. The van der Waals surface area contributed by atoms with Gasteiger partial charge < -0.3 is 5.32 Å². The Morgan fingerprint density at radius 3 is 2.27 bits per heavy atom. The molecule has 0 aliphatic carbocycles. The van der Waals surface area contributed by atoms with Gasteiger partial charge in [0.15, 0.2) is 0 Å². The quantitative estimate of drug-likeness (QED) is 0.877. The number of nitrogens with one attached hydrogen (secondary N) is 1. The Balaban J connectivity index is 1.65. The van der Waals surface area contributed by atoms with E-state index in [0.29, 0.717) is 31.1 Å². The summed E-state index contributed by atoms with van der Waals surface area (Å²) in [4.78, 5) is 12.5. The Hall–Kier alpha value is -2.18. The standard InChI is InChI=1S/C20H24N2O3S/c1-16-11-13-22(14-12-16)26(24,25)19-9-7-18(8-10-19)20(23)21-15-17-5-3-2-4-6-17/h2-10,16H,11-15H2,1H3,(H,21,23). The lowest BCUT2D eigenvalue weighted by Gasteiger charge is -2.29. The van der Waals surface area contributed by atoms with Crippen LogP contribution in [0.2, 0.25) is 0 Å². The summed E-state index contributed by atoms with van der Waals surface area (Å²) in [6.07, 6.45) is 1.78. The van der Waals surface area contributed by atoms with Crippen molar-refractivity contribution in [3.8, 4) is 0 Å². The number of benzene rings is 2. The van der Waals surface area contributed by atoms with Crippen LogP contribution in [-0.4, -0.2) is 31.7 Å². The van der Waals surface area contributed by atoms with E-state index in [1.165, 1.54) is 16.4 Å². The van der Waals surface area contributed by atoms with Crippen molar-refractivity contribution in [2.75, 3.05) is 13.1 Å².